The first-order chi connectivity index (χ1) is 9.69. The van der Waals surface area contributed by atoms with Crippen LogP contribution < -0.4 is 5.56 Å². The van der Waals surface area contributed by atoms with Crippen molar-refractivity contribution in [1.82, 2.24) is 9.78 Å². The van der Waals surface area contributed by atoms with E-state index in [9.17, 15) is 4.79 Å². The second kappa shape index (κ2) is 5.21. The van der Waals surface area contributed by atoms with Gasteiger partial charge in [0.15, 0.2) is 0 Å². The van der Waals surface area contributed by atoms with Crippen LogP contribution in [0.4, 0.5) is 0 Å². The highest BCUT2D eigenvalue weighted by atomic mass is 79.9. The molecule has 0 aliphatic carbocycles. The lowest BCUT2D eigenvalue weighted by atomic mass is 10.0. The Morgan fingerprint density at radius 1 is 1.15 bits per heavy atom. The average molecular weight is 329 g/mol. The highest BCUT2D eigenvalue weighted by Gasteiger charge is 2.05. The van der Waals surface area contributed by atoms with E-state index >= 15 is 0 Å². The maximum absolute atomic E-state index is 12.2. The Bertz CT molecular complexity index is 839. The molecule has 0 bridgehead atoms. The number of hydrogen-bond acceptors (Lipinski definition) is 2. The van der Waals surface area contributed by atoms with Gasteiger partial charge in [0.25, 0.3) is 5.56 Å². The zero-order valence-corrected chi connectivity index (χ0v) is 12.6. The van der Waals surface area contributed by atoms with Crippen LogP contribution in [0, 0.1) is 0 Å². The van der Waals surface area contributed by atoms with E-state index < -0.39 is 0 Å². The highest BCUT2D eigenvalue weighted by molar-refractivity contribution is 9.10. The summed E-state index contributed by atoms with van der Waals surface area (Å²) in [6.45, 7) is 2.50. The van der Waals surface area contributed by atoms with Gasteiger partial charge in [-0.05, 0) is 42.3 Å². The quantitative estimate of drug-likeness (QED) is 0.716. The molecule has 0 atom stereocenters. The van der Waals surface area contributed by atoms with Crippen molar-refractivity contribution in [3.63, 3.8) is 0 Å². The fraction of sp³-hybridized carbons (Fsp3) is 0.125. The summed E-state index contributed by atoms with van der Waals surface area (Å²) in [7, 11) is 0. The minimum atomic E-state index is -0.0363. The normalized spacial score (nSPS) is 10.9. The Morgan fingerprint density at radius 2 is 1.95 bits per heavy atom. The van der Waals surface area contributed by atoms with Gasteiger partial charge in [-0.2, -0.15) is 5.10 Å². The molecule has 0 radical (unpaired) electrons. The van der Waals surface area contributed by atoms with Crippen molar-refractivity contribution in [2.24, 2.45) is 0 Å². The van der Waals surface area contributed by atoms with Crippen molar-refractivity contribution in [2.45, 2.75) is 13.5 Å². The van der Waals surface area contributed by atoms with Crippen LogP contribution in [0.1, 0.15) is 6.92 Å². The Hall–Kier alpha value is -1.94. The molecule has 4 heteroatoms. The molecule has 0 saturated heterocycles. The number of fused-ring (bicyclic) bond motifs is 1. The Labute approximate surface area is 125 Å². The van der Waals surface area contributed by atoms with E-state index in [0.29, 0.717) is 11.9 Å². The van der Waals surface area contributed by atoms with Crippen LogP contribution in [0.15, 0.2) is 57.9 Å². The summed E-state index contributed by atoms with van der Waals surface area (Å²) in [6.07, 6.45) is 1.75. The molecule has 0 fully saturated rings. The first kappa shape index (κ1) is 13.1. The molecule has 0 spiro atoms. The minimum absolute atomic E-state index is 0.0363. The molecule has 0 amide bonds. The van der Waals surface area contributed by atoms with Gasteiger partial charge in [-0.25, -0.2) is 4.68 Å². The van der Waals surface area contributed by atoms with Gasteiger partial charge >= 0.3 is 0 Å². The zero-order chi connectivity index (χ0) is 14.1. The summed E-state index contributed by atoms with van der Waals surface area (Å²) in [4.78, 5) is 12.2. The average Bonchev–Trinajstić information content (AvgIpc) is 2.47. The van der Waals surface area contributed by atoms with Crippen molar-refractivity contribution in [2.75, 3.05) is 0 Å². The molecule has 3 rings (SSSR count). The topological polar surface area (TPSA) is 34.9 Å². The van der Waals surface area contributed by atoms with Crippen LogP contribution in [0.25, 0.3) is 21.9 Å². The van der Waals surface area contributed by atoms with Crippen molar-refractivity contribution in [3.05, 3.63) is 63.5 Å². The monoisotopic (exact) mass is 328 g/mol. The molecule has 0 aliphatic rings. The fourth-order valence-corrected chi connectivity index (χ4v) is 2.66. The third-order valence-electron chi connectivity index (χ3n) is 3.31. The zero-order valence-electron chi connectivity index (χ0n) is 11.0. The SMILES string of the molecule is CCn1ncc2cc(-c3cccc(Br)c3)ccc2c1=O. The van der Waals surface area contributed by atoms with Gasteiger partial charge in [0.1, 0.15) is 0 Å². The fourth-order valence-electron chi connectivity index (χ4n) is 2.26. The molecule has 0 saturated carbocycles. The van der Waals surface area contributed by atoms with Gasteiger partial charge in [0.2, 0.25) is 0 Å². The lowest BCUT2D eigenvalue weighted by Gasteiger charge is -2.06. The molecule has 0 unspecified atom stereocenters. The van der Waals surface area contributed by atoms with E-state index in [1.54, 1.807) is 6.20 Å². The smallest absolute Gasteiger partial charge is 0.267 e. The molecule has 100 valence electrons. The van der Waals surface area contributed by atoms with E-state index in [-0.39, 0.29) is 5.56 Å². The summed E-state index contributed by atoms with van der Waals surface area (Å²) in [5, 5.41) is 5.75. The molecule has 1 aromatic heterocycles. The summed E-state index contributed by atoms with van der Waals surface area (Å²) in [5.41, 5.74) is 2.15. The largest absolute Gasteiger partial charge is 0.274 e. The molecule has 1 heterocycles. The number of rotatable bonds is 2. The third kappa shape index (κ3) is 2.27. The second-order valence-corrected chi connectivity index (χ2v) is 5.49. The summed E-state index contributed by atoms with van der Waals surface area (Å²) in [5.74, 6) is 0. The summed E-state index contributed by atoms with van der Waals surface area (Å²) >= 11 is 3.47. The second-order valence-electron chi connectivity index (χ2n) is 4.58. The minimum Gasteiger partial charge on any atom is -0.267 e. The number of nitrogens with zero attached hydrogens (tertiary/aromatic N) is 2. The van der Waals surface area contributed by atoms with Crippen molar-refractivity contribution in [3.8, 4) is 11.1 Å². The van der Waals surface area contributed by atoms with Crippen molar-refractivity contribution < 1.29 is 0 Å². The number of hydrogen-bond donors (Lipinski definition) is 0. The van der Waals surface area contributed by atoms with Crippen LogP contribution in [0.3, 0.4) is 0 Å². The summed E-state index contributed by atoms with van der Waals surface area (Å²) in [6, 6.07) is 14.0. The predicted molar refractivity (Wildman–Crippen MR) is 84.8 cm³/mol. The standard InChI is InChI=1S/C16H13BrN2O/c1-2-19-16(20)15-7-6-12(8-13(15)10-18-19)11-4-3-5-14(17)9-11/h3-10H,2H2,1H3. The van der Waals surface area contributed by atoms with E-state index in [4.69, 9.17) is 0 Å². The van der Waals surface area contributed by atoms with Crippen LogP contribution in [0.5, 0.6) is 0 Å². The van der Waals surface area contributed by atoms with Gasteiger partial charge < -0.3 is 0 Å². The molecule has 20 heavy (non-hydrogen) atoms. The molecule has 0 aliphatic heterocycles. The molecule has 0 N–H and O–H groups in total. The predicted octanol–water partition coefficient (Wildman–Crippen LogP) is 3.85. The first-order valence-corrected chi connectivity index (χ1v) is 7.24. The van der Waals surface area contributed by atoms with Crippen LogP contribution in [-0.2, 0) is 6.54 Å². The lowest BCUT2D eigenvalue weighted by molar-refractivity contribution is 0.623. The highest BCUT2D eigenvalue weighted by Crippen LogP contribution is 2.25. The Morgan fingerprint density at radius 3 is 2.70 bits per heavy atom. The Balaban J connectivity index is 2.19. The van der Waals surface area contributed by atoms with Gasteiger partial charge in [-0.3, -0.25) is 4.79 Å². The summed E-state index contributed by atoms with van der Waals surface area (Å²) < 4.78 is 2.51. The molecular formula is C16H13BrN2O. The van der Waals surface area contributed by atoms with Crippen molar-refractivity contribution >= 4 is 26.7 Å². The van der Waals surface area contributed by atoms with Gasteiger partial charge in [-0.1, -0.05) is 34.1 Å². The lowest BCUT2D eigenvalue weighted by Crippen LogP contribution is -2.21. The van der Waals surface area contributed by atoms with Gasteiger partial charge in [0.05, 0.1) is 11.6 Å². The molecule has 2 aromatic carbocycles. The molecule has 3 nitrogen and oxygen atoms in total. The Kier molecular flexibility index (Phi) is 3.40. The number of aryl methyl sites for hydroxylation is 1. The van der Waals surface area contributed by atoms with E-state index in [1.165, 1.54) is 4.68 Å². The van der Waals surface area contributed by atoms with E-state index in [1.807, 2.05) is 43.3 Å². The maximum atomic E-state index is 12.2. The van der Waals surface area contributed by atoms with E-state index in [2.05, 4.69) is 27.1 Å². The van der Waals surface area contributed by atoms with Gasteiger partial charge in [-0.15, -0.1) is 0 Å². The number of halogens is 1. The number of aromatic nitrogens is 2. The van der Waals surface area contributed by atoms with Gasteiger partial charge in [0, 0.05) is 16.4 Å². The van der Waals surface area contributed by atoms with Crippen LogP contribution in [-0.4, -0.2) is 9.78 Å². The first-order valence-electron chi connectivity index (χ1n) is 6.45. The maximum Gasteiger partial charge on any atom is 0.274 e. The number of benzene rings is 2. The van der Waals surface area contributed by atoms with Crippen molar-refractivity contribution in [1.29, 1.82) is 0 Å². The third-order valence-corrected chi connectivity index (χ3v) is 3.80. The molecule has 3 aromatic rings. The van der Waals surface area contributed by atoms with Crippen LogP contribution >= 0.6 is 15.9 Å². The van der Waals surface area contributed by atoms with E-state index in [0.717, 1.165) is 21.0 Å². The van der Waals surface area contributed by atoms with Crippen LogP contribution in [0.2, 0.25) is 0 Å². The molecular weight excluding hydrogens is 316 g/mol.